The predicted octanol–water partition coefficient (Wildman–Crippen LogP) is 2.45. The summed E-state index contributed by atoms with van der Waals surface area (Å²) in [5.74, 6) is 0.958. The second-order valence-electron chi connectivity index (χ2n) is 6.39. The Hall–Kier alpha value is -1.84. The molecule has 0 amide bonds. The molecule has 1 fully saturated rings. The van der Waals surface area contributed by atoms with Gasteiger partial charge in [0.15, 0.2) is 4.77 Å². The van der Waals surface area contributed by atoms with E-state index >= 15 is 0 Å². The van der Waals surface area contributed by atoms with E-state index in [1.807, 2.05) is 22.9 Å². The van der Waals surface area contributed by atoms with Crippen LogP contribution in [0.2, 0.25) is 0 Å². The number of ether oxygens (including phenoxy) is 1. The molecule has 1 aromatic heterocycles. The standard InChI is InChI=1S/C18H25BN4OS.3CO.Re/c1-24-17-7-3-2-6-16(17)21-12-10-20(11-13-21)8-4-5-9-22-14-15-23(19)18(22)25;3*1-2;/h2-3,6-7,14-15H,4-5,8-13H2,1H3;;;;. The van der Waals surface area contributed by atoms with Gasteiger partial charge >= 0.3 is 33.9 Å². The van der Waals surface area contributed by atoms with Crippen LogP contribution in [-0.2, 0) is 40.9 Å². The van der Waals surface area contributed by atoms with Gasteiger partial charge in [-0.2, -0.15) is 0 Å². The van der Waals surface area contributed by atoms with Gasteiger partial charge in [-0.05, 0) is 43.7 Å². The van der Waals surface area contributed by atoms with E-state index in [1.165, 1.54) is 16.6 Å². The van der Waals surface area contributed by atoms with E-state index in [-0.39, 0.29) is 20.4 Å². The van der Waals surface area contributed by atoms with Crippen molar-refractivity contribution in [1.29, 1.82) is 0 Å². The first-order valence-corrected chi connectivity index (χ1v) is 9.84. The molecule has 8 nitrogen and oxygen atoms in total. The molecule has 32 heavy (non-hydrogen) atoms. The van der Waals surface area contributed by atoms with Crippen molar-refractivity contribution in [2.45, 2.75) is 19.4 Å². The second kappa shape index (κ2) is 19.8. The number of hydrogen-bond donors (Lipinski definition) is 0. The molecule has 0 N–H and O–H groups in total. The van der Waals surface area contributed by atoms with Crippen LogP contribution < -0.4 is 9.64 Å². The Kier molecular flexibility index (Phi) is 20.0. The van der Waals surface area contributed by atoms with E-state index in [2.05, 4.69) is 41.9 Å². The summed E-state index contributed by atoms with van der Waals surface area (Å²) in [6, 6.07) is 8.26. The molecule has 0 unspecified atom stereocenters. The fraction of sp³-hybridized carbons (Fsp3) is 0.429. The first-order valence-electron chi connectivity index (χ1n) is 9.43. The average molecular weight is 627 g/mol. The number of methoxy groups -OCH3 is 1. The molecule has 0 atom stereocenters. The van der Waals surface area contributed by atoms with Gasteiger partial charge < -0.3 is 18.7 Å². The van der Waals surface area contributed by atoms with Gasteiger partial charge in [-0.25, -0.2) is 0 Å². The van der Waals surface area contributed by atoms with E-state index in [0.29, 0.717) is 4.77 Å². The van der Waals surface area contributed by atoms with Gasteiger partial charge in [0.25, 0.3) is 0 Å². The number of para-hydroxylation sites is 2. The van der Waals surface area contributed by atoms with Crippen LogP contribution >= 0.6 is 12.2 Å². The quantitative estimate of drug-likeness (QED) is 0.156. The topological polar surface area (TPSA) is 85.3 Å². The first-order chi connectivity index (χ1) is 15.2. The zero-order chi connectivity index (χ0) is 23.6. The molecule has 0 bridgehead atoms. The van der Waals surface area contributed by atoms with Crippen molar-refractivity contribution < 1.29 is 39.1 Å². The zero-order valence-corrected chi connectivity index (χ0v) is 21.4. The summed E-state index contributed by atoms with van der Waals surface area (Å²) in [5, 5.41) is 0. The molecular weight excluding hydrogens is 601 g/mol. The van der Waals surface area contributed by atoms with Gasteiger partial charge in [0.1, 0.15) is 5.75 Å². The predicted molar refractivity (Wildman–Crippen MR) is 117 cm³/mol. The molecule has 0 spiro atoms. The zero-order valence-electron chi connectivity index (χ0n) is 17.9. The molecule has 2 aromatic rings. The number of unbranched alkanes of at least 4 members (excludes halogenated alkanes) is 1. The molecule has 0 saturated carbocycles. The maximum Gasteiger partial charge on any atom is 0 e. The Balaban J connectivity index is 0. The third kappa shape index (κ3) is 10.2. The summed E-state index contributed by atoms with van der Waals surface area (Å²) >= 11 is 5.26. The van der Waals surface area contributed by atoms with E-state index in [9.17, 15) is 0 Å². The van der Waals surface area contributed by atoms with Gasteiger partial charge in [0, 0.05) is 65.5 Å². The van der Waals surface area contributed by atoms with Gasteiger partial charge in [0.05, 0.1) is 12.8 Å². The molecule has 3 rings (SSSR count). The Labute approximate surface area is 209 Å². The second-order valence-corrected chi connectivity index (χ2v) is 6.75. The Bertz CT molecular complexity index is 862. The van der Waals surface area contributed by atoms with Crippen molar-refractivity contribution in [1.82, 2.24) is 13.9 Å². The van der Waals surface area contributed by atoms with Crippen LogP contribution in [0.25, 0.3) is 0 Å². The summed E-state index contributed by atoms with van der Waals surface area (Å²) in [6.07, 6.45) is 6.05. The molecule has 11 heteroatoms. The molecule has 0 aliphatic carbocycles. The molecule has 1 aromatic carbocycles. The summed E-state index contributed by atoms with van der Waals surface area (Å²) in [7, 11) is 7.45. The minimum atomic E-state index is 0. The monoisotopic (exact) mass is 627 g/mol. The smallest absolute Gasteiger partial charge is 0 e. The third-order valence-corrected chi connectivity index (χ3v) is 5.24. The average Bonchev–Trinajstić information content (AvgIpc) is 3.18. The van der Waals surface area contributed by atoms with Crippen molar-refractivity contribution in [2.75, 3.05) is 44.7 Å². The van der Waals surface area contributed by atoms with Crippen molar-refractivity contribution in [3.05, 3.63) is 61.4 Å². The van der Waals surface area contributed by atoms with Crippen LogP contribution in [0, 0.1) is 24.7 Å². The summed E-state index contributed by atoms with van der Waals surface area (Å²) in [4.78, 5) is 4.96. The van der Waals surface area contributed by atoms with Crippen LogP contribution in [0.15, 0.2) is 36.7 Å². The van der Waals surface area contributed by atoms with Gasteiger partial charge in [0.2, 0.25) is 7.98 Å². The van der Waals surface area contributed by atoms with Crippen molar-refractivity contribution in [2.24, 2.45) is 0 Å². The number of rotatable bonds is 7. The van der Waals surface area contributed by atoms with Gasteiger partial charge in [-0.1, -0.05) is 12.1 Å². The van der Waals surface area contributed by atoms with Crippen LogP contribution in [0.1, 0.15) is 12.8 Å². The number of nitrogens with zero attached hydrogens (tertiary/aromatic N) is 4. The van der Waals surface area contributed by atoms with E-state index < -0.39 is 0 Å². The number of imidazole rings is 1. The Morgan fingerprint density at radius 1 is 0.938 bits per heavy atom. The summed E-state index contributed by atoms with van der Waals surface area (Å²) in [6.45, 7) is 19.8. The molecule has 2 heterocycles. The van der Waals surface area contributed by atoms with E-state index in [0.717, 1.165) is 51.4 Å². The van der Waals surface area contributed by atoms with E-state index in [4.69, 9.17) is 38.9 Å². The van der Waals surface area contributed by atoms with Crippen LogP contribution in [0.4, 0.5) is 5.69 Å². The summed E-state index contributed by atoms with van der Waals surface area (Å²) in [5.41, 5.74) is 1.20. The molecule has 169 valence electrons. The fourth-order valence-electron chi connectivity index (χ4n) is 3.32. The Morgan fingerprint density at radius 3 is 2.03 bits per heavy atom. The van der Waals surface area contributed by atoms with Crippen molar-refractivity contribution >= 4 is 25.9 Å². The van der Waals surface area contributed by atoms with Crippen LogP contribution in [-0.4, -0.2) is 61.8 Å². The number of hydrogen-bond acceptors (Lipinski definition) is 4. The van der Waals surface area contributed by atoms with Crippen LogP contribution in [0.5, 0.6) is 5.75 Å². The van der Waals surface area contributed by atoms with E-state index in [1.54, 1.807) is 13.3 Å². The van der Waals surface area contributed by atoms with Crippen LogP contribution in [0.3, 0.4) is 0 Å². The maximum atomic E-state index is 7.50. The molecule has 1 aliphatic heterocycles. The minimum Gasteiger partial charge on any atom is 0 e. The number of benzene rings is 1. The molecule has 3 radical (unpaired) electrons. The number of anilines is 1. The van der Waals surface area contributed by atoms with Crippen molar-refractivity contribution in [3.63, 3.8) is 0 Å². The number of piperazine rings is 1. The SMILES string of the molecule is [B]n1ccn(CCCCN2CCN(c3ccccc3OC)CC2)c1=S.[C-]#[O+].[C-]#[O+].[C-]#[O+].[Re]. The Morgan fingerprint density at radius 2 is 1.50 bits per heavy atom. The fourth-order valence-corrected chi connectivity index (χ4v) is 3.53. The van der Waals surface area contributed by atoms with Gasteiger partial charge in [-0.15, -0.1) is 0 Å². The molecule has 1 saturated heterocycles. The summed E-state index contributed by atoms with van der Waals surface area (Å²) < 4.78 is 32.2. The normalized spacial score (nSPS) is 12.3. The van der Waals surface area contributed by atoms with Crippen molar-refractivity contribution in [3.8, 4) is 5.75 Å². The molecule has 1 aliphatic rings. The third-order valence-electron chi connectivity index (χ3n) is 4.80. The minimum absolute atomic E-state index is 0. The van der Waals surface area contributed by atoms with Gasteiger partial charge in [-0.3, -0.25) is 4.90 Å². The first kappa shape index (κ1) is 32.3. The number of aromatic nitrogens is 2. The number of aryl methyl sites for hydroxylation is 1. The molecular formula is C21H25BN4O4ReS. The maximum absolute atomic E-state index is 7.50. The largest absolute Gasteiger partial charge is 0 e.